The molecule has 0 aliphatic rings. The maximum Gasteiger partial charge on any atom is 0.160 e. The van der Waals surface area contributed by atoms with Gasteiger partial charge in [0.25, 0.3) is 0 Å². The monoisotopic (exact) mass is 245 g/mol. The Balaban J connectivity index is 2.33. The molecule has 0 spiro atoms. The first-order valence-corrected chi connectivity index (χ1v) is 6.50. The molecule has 0 aliphatic carbocycles. The Kier molecular flexibility index (Phi) is 3.59. The zero-order chi connectivity index (χ0) is 12.3. The number of anilines is 1. The second-order valence-electron chi connectivity index (χ2n) is 3.98. The van der Waals surface area contributed by atoms with E-state index >= 15 is 0 Å². The van der Waals surface area contributed by atoms with Gasteiger partial charge in [0, 0.05) is 10.6 Å². The van der Waals surface area contributed by atoms with Crippen molar-refractivity contribution in [1.82, 2.24) is 0 Å². The van der Waals surface area contributed by atoms with Gasteiger partial charge in [-0.3, -0.25) is 4.79 Å². The van der Waals surface area contributed by atoms with Gasteiger partial charge in [0.15, 0.2) is 6.29 Å². The van der Waals surface area contributed by atoms with Crippen LogP contribution in [0.5, 0.6) is 0 Å². The lowest BCUT2D eigenvalue weighted by molar-refractivity contribution is 0.112. The number of benzene rings is 1. The smallest absolute Gasteiger partial charge is 0.160 e. The van der Waals surface area contributed by atoms with E-state index in [0.717, 1.165) is 40.1 Å². The Morgan fingerprint density at radius 3 is 2.71 bits per heavy atom. The van der Waals surface area contributed by atoms with E-state index in [1.165, 1.54) is 16.9 Å². The van der Waals surface area contributed by atoms with E-state index in [0.29, 0.717) is 0 Å². The molecule has 1 heterocycles. The molecule has 2 rings (SSSR count). The molecular formula is C14H15NOS. The highest BCUT2D eigenvalue weighted by Gasteiger charge is 2.05. The first kappa shape index (κ1) is 11.9. The molecule has 0 saturated heterocycles. The van der Waals surface area contributed by atoms with Crippen LogP contribution in [0.1, 0.15) is 28.6 Å². The van der Waals surface area contributed by atoms with Crippen LogP contribution in [0.15, 0.2) is 30.3 Å². The quantitative estimate of drug-likeness (QED) is 0.658. The molecule has 88 valence electrons. The van der Waals surface area contributed by atoms with Crippen LogP contribution in [-0.2, 0) is 6.42 Å². The van der Waals surface area contributed by atoms with Crippen molar-refractivity contribution in [2.75, 3.05) is 5.73 Å². The van der Waals surface area contributed by atoms with Crippen LogP contribution in [-0.4, -0.2) is 6.29 Å². The Hall–Kier alpha value is -1.61. The second-order valence-corrected chi connectivity index (χ2v) is 5.10. The highest BCUT2D eigenvalue weighted by Crippen LogP contribution is 2.30. The highest BCUT2D eigenvalue weighted by atomic mass is 32.1. The third kappa shape index (κ3) is 2.56. The van der Waals surface area contributed by atoms with Crippen molar-refractivity contribution in [3.05, 3.63) is 40.8 Å². The number of nitrogens with two attached hydrogens (primary N) is 1. The lowest BCUT2D eigenvalue weighted by Crippen LogP contribution is -1.93. The second kappa shape index (κ2) is 5.15. The van der Waals surface area contributed by atoms with Crippen molar-refractivity contribution in [2.24, 2.45) is 0 Å². The lowest BCUT2D eigenvalue weighted by Gasteiger charge is -2.06. The van der Waals surface area contributed by atoms with Crippen LogP contribution in [0.2, 0.25) is 0 Å². The molecule has 2 aromatic rings. The number of nitrogen functional groups attached to an aromatic ring is 1. The van der Waals surface area contributed by atoms with Crippen molar-refractivity contribution in [1.29, 1.82) is 0 Å². The van der Waals surface area contributed by atoms with Crippen LogP contribution < -0.4 is 5.73 Å². The Bertz CT molecular complexity index is 531. The molecule has 1 aromatic carbocycles. The maximum atomic E-state index is 10.6. The summed E-state index contributed by atoms with van der Waals surface area (Å²) in [5.41, 5.74) is 9.14. The third-order valence-electron chi connectivity index (χ3n) is 2.69. The number of carbonyl (C=O) groups excluding carboxylic acids is 1. The molecule has 17 heavy (non-hydrogen) atoms. The SMILES string of the molecule is CCCc1ccc(-c2ccc(C=O)s2)cc1N. The van der Waals surface area contributed by atoms with Gasteiger partial charge < -0.3 is 5.73 Å². The molecule has 0 fully saturated rings. The van der Waals surface area contributed by atoms with Crippen LogP contribution in [0, 0.1) is 0 Å². The third-order valence-corrected chi connectivity index (χ3v) is 3.75. The van der Waals surface area contributed by atoms with Crippen LogP contribution >= 0.6 is 11.3 Å². The van der Waals surface area contributed by atoms with Gasteiger partial charge in [-0.15, -0.1) is 11.3 Å². The largest absolute Gasteiger partial charge is 0.398 e. The first-order chi connectivity index (χ1) is 8.24. The molecule has 0 radical (unpaired) electrons. The molecule has 0 aliphatic heterocycles. The van der Waals surface area contributed by atoms with Crippen molar-refractivity contribution < 1.29 is 4.79 Å². The molecular weight excluding hydrogens is 230 g/mol. The van der Waals surface area contributed by atoms with Crippen LogP contribution in [0.25, 0.3) is 10.4 Å². The van der Waals surface area contributed by atoms with E-state index < -0.39 is 0 Å². The van der Waals surface area contributed by atoms with Crippen LogP contribution in [0.4, 0.5) is 5.69 Å². The predicted octanol–water partition coefficient (Wildman–Crippen LogP) is 3.76. The number of carbonyl (C=O) groups is 1. The predicted molar refractivity (Wildman–Crippen MR) is 73.5 cm³/mol. The van der Waals surface area contributed by atoms with Gasteiger partial charge in [-0.2, -0.15) is 0 Å². The summed E-state index contributed by atoms with van der Waals surface area (Å²) in [5.74, 6) is 0. The van der Waals surface area contributed by atoms with E-state index in [2.05, 4.69) is 19.1 Å². The zero-order valence-electron chi connectivity index (χ0n) is 9.77. The summed E-state index contributed by atoms with van der Waals surface area (Å²) in [6, 6.07) is 9.94. The molecule has 0 bridgehead atoms. The fraction of sp³-hybridized carbons (Fsp3) is 0.214. The summed E-state index contributed by atoms with van der Waals surface area (Å²) < 4.78 is 0. The van der Waals surface area contributed by atoms with Crippen molar-refractivity contribution in [3.8, 4) is 10.4 Å². The highest BCUT2D eigenvalue weighted by molar-refractivity contribution is 7.17. The number of hydrogen-bond donors (Lipinski definition) is 1. The lowest BCUT2D eigenvalue weighted by atomic mass is 10.0. The molecule has 0 saturated carbocycles. The summed E-state index contributed by atoms with van der Waals surface area (Å²) in [6.07, 6.45) is 2.98. The molecule has 2 N–H and O–H groups in total. The average molecular weight is 245 g/mol. The molecule has 1 aromatic heterocycles. The maximum absolute atomic E-state index is 10.6. The Morgan fingerprint density at radius 2 is 2.12 bits per heavy atom. The number of aryl methyl sites for hydroxylation is 1. The minimum Gasteiger partial charge on any atom is -0.398 e. The van der Waals surface area contributed by atoms with Gasteiger partial charge >= 0.3 is 0 Å². The number of aldehydes is 1. The summed E-state index contributed by atoms with van der Waals surface area (Å²) >= 11 is 1.49. The molecule has 0 unspecified atom stereocenters. The Morgan fingerprint density at radius 1 is 1.29 bits per heavy atom. The van der Waals surface area contributed by atoms with Gasteiger partial charge in [-0.1, -0.05) is 25.5 Å². The summed E-state index contributed by atoms with van der Waals surface area (Å²) in [4.78, 5) is 12.5. The number of hydrogen-bond acceptors (Lipinski definition) is 3. The molecule has 0 atom stereocenters. The van der Waals surface area contributed by atoms with Gasteiger partial charge in [-0.05, 0) is 35.7 Å². The van der Waals surface area contributed by atoms with Crippen molar-refractivity contribution >= 4 is 23.3 Å². The molecule has 2 nitrogen and oxygen atoms in total. The molecule has 0 amide bonds. The average Bonchev–Trinajstić information content (AvgIpc) is 2.80. The van der Waals surface area contributed by atoms with Gasteiger partial charge in [0.2, 0.25) is 0 Å². The van der Waals surface area contributed by atoms with Crippen molar-refractivity contribution in [2.45, 2.75) is 19.8 Å². The summed E-state index contributed by atoms with van der Waals surface area (Å²) in [5, 5.41) is 0. The normalized spacial score (nSPS) is 10.4. The minimum absolute atomic E-state index is 0.746. The van der Waals surface area contributed by atoms with Gasteiger partial charge in [-0.25, -0.2) is 0 Å². The Labute approximate surface area is 105 Å². The van der Waals surface area contributed by atoms with Gasteiger partial charge in [0.1, 0.15) is 0 Å². The first-order valence-electron chi connectivity index (χ1n) is 5.68. The van der Waals surface area contributed by atoms with E-state index in [-0.39, 0.29) is 0 Å². The fourth-order valence-electron chi connectivity index (χ4n) is 1.82. The van der Waals surface area contributed by atoms with E-state index in [4.69, 9.17) is 5.73 Å². The topological polar surface area (TPSA) is 43.1 Å². The van der Waals surface area contributed by atoms with Crippen LogP contribution in [0.3, 0.4) is 0 Å². The fourth-order valence-corrected chi connectivity index (χ4v) is 2.64. The van der Waals surface area contributed by atoms with Gasteiger partial charge in [0.05, 0.1) is 4.88 Å². The molecule has 3 heteroatoms. The van der Waals surface area contributed by atoms with Crippen molar-refractivity contribution in [3.63, 3.8) is 0 Å². The van der Waals surface area contributed by atoms with E-state index in [9.17, 15) is 4.79 Å². The summed E-state index contributed by atoms with van der Waals surface area (Å²) in [7, 11) is 0. The zero-order valence-corrected chi connectivity index (χ0v) is 10.6. The number of thiophene rings is 1. The minimum atomic E-state index is 0.746. The van der Waals surface area contributed by atoms with E-state index in [1.807, 2.05) is 18.2 Å². The standard InChI is InChI=1S/C14H15NOS/c1-2-3-10-4-5-11(8-13(10)15)14-7-6-12(9-16)17-14/h4-9H,2-3,15H2,1H3. The summed E-state index contributed by atoms with van der Waals surface area (Å²) in [6.45, 7) is 2.14. The number of rotatable bonds is 4. The van der Waals surface area contributed by atoms with E-state index in [1.54, 1.807) is 0 Å².